The lowest BCUT2D eigenvalue weighted by Crippen LogP contribution is -2.67. The third-order valence-electron chi connectivity index (χ3n) is 4.23. The van der Waals surface area contributed by atoms with E-state index in [9.17, 15) is 19.2 Å². The van der Waals surface area contributed by atoms with Crippen molar-refractivity contribution in [3.63, 3.8) is 0 Å². The molecule has 0 spiro atoms. The van der Waals surface area contributed by atoms with Crippen molar-refractivity contribution in [1.82, 2.24) is 15.2 Å². The molecule has 0 bridgehead atoms. The number of thiazole rings is 1. The van der Waals surface area contributed by atoms with Crippen molar-refractivity contribution in [3.8, 4) is 0 Å². The van der Waals surface area contributed by atoms with Crippen molar-refractivity contribution < 1.29 is 34.2 Å². The van der Waals surface area contributed by atoms with Gasteiger partial charge in [-0.05, 0) is 13.8 Å². The normalized spacial score (nSPS) is 23.9. The van der Waals surface area contributed by atoms with E-state index in [4.69, 9.17) is 20.8 Å². The molecule has 0 aliphatic carbocycles. The molecule has 14 heteroatoms. The molecule has 0 radical (unpaired) electrons. The maximum atomic E-state index is 12.8. The van der Waals surface area contributed by atoms with E-state index in [2.05, 4.69) is 15.5 Å². The van der Waals surface area contributed by atoms with Crippen molar-refractivity contribution >= 4 is 57.7 Å². The zero-order valence-electron chi connectivity index (χ0n) is 15.2. The van der Waals surface area contributed by atoms with Crippen molar-refractivity contribution in [2.45, 2.75) is 36.1 Å². The topological polar surface area (TPSA) is 185 Å². The summed E-state index contributed by atoms with van der Waals surface area (Å²) >= 11 is 2.10. The summed E-state index contributed by atoms with van der Waals surface area (Å²) in [5.74, 6) is -3.57. The van der Waals surface area contributed by atoms with Crippen LogP contribution in [0.15, 0.2) is 10.5 Å². The van der Waals surface area contributed by atoms with Crippen molar-refractivity contribution in [3.05, 3.63) is 11.1 Å². The lowest BCUT2D eigenvalue weighted by molar-refractivity contribution is -0.161. The number of carbonyl (C=O) groups is 4. The molecule has 29 heavy (non-hydrogen) atoms. The van der Waals surface area contributed by atoms with Crippen molar-refractivity contribution in [1.29, 1.82) is 0 Å². The standard InChI is InChI=1S/C15H17N5O7S2/c1-15(2,13(25)26)27-19-7(5-4-28-14(16)17-5)9(21)18-8-10(22)20-3-6(12(23)24)29-11(8)20/h4,6,8,11H,3H2,1-2H3,(H2,16,17)(H,18,21)(H,23,24)(H,25,26)/b19-7-/t6-,8-,11-/m1/s1. The van der Waals surface area contributed by atoms with Gasteiger partial charge in [0.25, 0.3) is 5.91 Å². The number of fused-ring (bicyclic) bond motifs is 1. The third kappa shape index (κ3) is 3.98. The van der Waals surface area contributed by atoms with Crippen LogP contribution in [0.2, 0.25) is 0 Å². The van der Waals surface area contributed by atoms with Crippen LogP contribution in [0.4, 0.5) is 5.13 Å². The van der Waals surface area contributed by atoms with Gasteiger partial charge in [0.1, 0.15) is 22.4 Å². The third-order valence-corrected chi connectivity index (χ3v) is 6.39. The molecule has 5 N–H and O–H groups in total. The number of hydrogen-bond donors (Lipinski definition) is 4. The molecule has 3 heterocycles. The lowest BCUT2D eigenvalue weighted by Gasteiger charge is -2.41. The Labute approximate surface area is 172 Å². The molecule has 2 aliphatic rings. The number of nitrogens with two attached hydrogens (primary N) is 1. The number of β-lactam (4-membered cyclic amide) rings is 1. The monoisotopic (exact) mass is 443 g/mol. The summed E-state index contributed by atoms with van der Waals surface area (Å²) in [6.07, 6.45) is 0. The number of aliphatic carboxylic acids is 2. The number of nitrogens with zero attached hydrogens (tertiary/aromatic N) is 3. The summed E-state index contributed by atoms with van der Waals surface area (Å²) in [7, 11) is 0. The highest BCUT2D eigenvalue weighted by Crippen LogP contribution is 2.40. The number of carboxylic acids is 2. The highest BCUT2D eigenvalue weighted by molar-refractivity contribution is 8.01. The minimum absolute atomic E-state index is 0.0531. The van der Waals surface area contributed by atoms with Gasteiger partial charge in [-0.15, -0.1) is 23.1 Å². The second-order valence-electron chi connectivity index (χ2n) is 6.71. The molecule has 0 unspecified atom stereocenters. The fraction of sp³-hybridized carbons (Fsp3) is 0.467. The number of nitrogen functional groups attached to an aromatic ring is 1. The predicted molar refractivity (Wildman–Crippen MR) is 102 cm³/mol. The van der Waals surface area contributed by atoms with Gasteiger partial charge in [-0.25, -0.2) is 9.78 Å². The van der Waals surface area contributed by atoms with E-state index in [0.29, 0.717) is 0 Å². The molecule has 2 amide bonds. The first-order valence-corrected chi connectivity index (χ1v) is 10.0. The highest BCUT2D eigenvalue weighted by atomic mass is 32.2. The van der Waals surface area contributed by atoms with Crippen LogP contribution in [0.25, 0.3) is 0 Å². The molecule has 1 aromatic heterocycles. The number of aromatic nitrogens is 1. The average molecular weight is 443 g/mol. The Morgan fingerprint density at radius 2 is 2.10 bits per heavy atom. The van der Waals surface area contributed by atoms with Crippen LogP contribution < -0.4 is 11.1 Å². The zero-order chi connectivity index (χ0) is 21.5. The first-order chi connectivity index (χ1) is 13.5. The zero-order valence-corrected chi connectivity index (χ0v) is 16.8. The molecule has 1 aromatic rings. The lowest BCUT2D eigenvalue weighted by atomic mass is 10.1. The Kier molecular flexibility index (Phi) is 5.40. The number of carbonyl (C=O) groups excluding carboxylic acids is 2. The molecule has 156 valence electrons. The van der Waals surface area contributed by atoms with Crippen LogP contribution in [-0.4, -0.2) is 78.4 Å². The number of carboxylic acid groups (broad SMARTS) is 2. The van der Waals surface area contributed by atoms with Gasteiger partial charge in [0.2, 0.25) is 11.5 Å². The van der Waals surface area contributed by atoms with Crippen LogP contribution in [0.3, 0.4) is 0 Å². The van der Waals surface area contributed by atoms with Crippen LogP contribution in [0, 0.1) is 0 Å². The Hall–Kier alpha value is -2.87. The van der Waals surface area contributed by atoms with Crippen LogP contribution in [0.5, 0.6) is 0 Å². The number of rotatable bonds is 7. The Bertz CT molecular complexity index is 915. The summed E-state index contributed by atoms with van der Waals surface area (Å²) in [6.45, 7) is 2.56. The van der Waals surface area contributed by atoms with E-state index in [1.54, 1.807) is 0 Å². The summed E-state index contributed by atoms with van der Waals surface area (Å²) in [5, 5.41) is 24.7. The van der Waals surface area contributed by atoms with E-state index in [-0.39, 0.29) is 23.1 Å². The van der Waals surface area contributed by atoms with Gasteiger partial charge in [-0.2, -0.15) is 0 Å². The van der Waals surface area contributed by atoms with Gasteiger partial charge in [-0.1, -0.05) is 5.16 Å². The van der Waals surface area contributed by atoms with E-state index < -0.39 is 46.0 Å². The van der Waals surface area contributed by atoms with E-state index >= 15 is 0 Å². The van der Waals surface area contributed by atoms with Crippen molar-refractivity contribution in [2.24, 2.45) is 5.16 Å². The summed E-state index contributed by atoms with van der Waals surface area (Å²) in [4.78, 5) is 57.7. The second kappa shape index (κ2) is 7.51. The number of oxime groups is 1. The first-order valence-electron chi connectivity index (χ1n) is 8.22. The predicted octanol–water partition coefficient (Wildman–Crippen LogP) is -0.838. The molecule has 3 rings (SSSR count). The second-order valence-corrected chi connectivity index (χ2v) is 8.93. The molecule has 0 aromatic carbocycles. The van der Waals surface area contributed by atoms with E-state index in [0.717, 1.165) is 23.1 Å². The molecular weight excluding hydrogens is 426 g/mol. The van der Waals surface area contributed by atoms with Gasteiger partial charge < -0.3 is 31.0 Å². The van der Waals surface area contributed by atoms with E-state index in [1.165, 1.54) is 24.1 Å². The molecule has 2 saturated heterocycles. The molecule has 2 fully saturated rings. The smallest absolute Gasteiger partial charge is 0.350 e. The minimum Gasteiger partial charge on any atom is -0.480 e. The summed E-state index contributed by atoms with van der Waals surface area (Å²) < 4.78 is 0. The first kappa shape index (κ1) is 20.9. The van der Waals surface area contributed by atoms with Crippen molar-refractivity contribution in [2.75, 3.05) is 12.3 Å². The SMILES string of the molecule is CC(C)(O/N=C(\C(=O)N[C@@H]1C(=O)N2C[C@H](C(=O)O)S[C@H]12)c1csc(N)n1)C(=O)O. The maximum absolute atomic E-state index is 12.8. The summed E-state index contributed by atoms with van der Waals surface area (Å²) in [6, 6.07) is -0.939. The molecule has 2 aliphatic heterocycles. The Balaban J connectivity index is 1.78. The highest BCUT2D eigenvalue weighted by Gasteiger charge is 2.55. The largest absolute Gasteiger partial charge is 0.480 e. The van der Waals surface area contributed by atoms with Gasteiger partial charge in [0.15, 0.2) is 10.8 Å². The number of anilines is 1. The molecule has 12 nitrogen and oxygen atoms in total. The quantitative estimate of drug-likeness (QED) is 0.235. The number of nitrogens with one attached hydrogen (secondary N) is 1. The molecule has 0 saturated carbocycles. The molecular formula is C15H17N5O7S2. The van der Waals surface area contributed by atoms with Crippen LogP contribution in [-0.2, 0) is 24.0 Å². The maximum Gasteiger partial charge on any atom is 0.350 e. The Morgan fingerprint density at radius 3 is 2.66 bits per heavy atom. The van der Waals surface area contributed by atoms with Crippen LogP contribution in [0.1, 0.15) is 19.5 Å². The fourth-order valence-electron chi connectivity index (χ4n) is 2.54. The average Bonchev–Trinajstić information content (AvgIpc) is 3.24. The molecule has 3 atom stereocenters. The van der Waals surface area contributed by atoms with Gasteiger partial charge in [0, 0.05) is 11.9 Å². The van der Waals surface area contributed by atoms with Gasteiger partial charge >= 0.3 is 11.9 Å². The summed E-state index contributed by atoms with van der Waals surface area (Å²) in [5.41, 5.74) is 3.57. The fourth-order valence-corrected chi connectivity index (χ4v) is 4.46. The van der Waals surface area contributed by atoms with Crippen LogP contribution >= 0.6 is 23.1 Å². The van der Waals surface area contributed by atoms with E-state index in [1.807, 2.05) is 0 Å². The number of hydrogen-bond acceptors (Lipinski definition) is 10. The van der Waals surface area contributed by atoms with Gasteiger partial charge in [0.05, 0.1) is 0 Å². The van der Waals surface area contributed by atoms with Gasteiger partial charge in [-0.3, -0.25) is 14.4 Å². The Morgan fingerprint density at radius 1 is 1.41 bits per heavy atom. The minimum atomic E-state index is -1.72. The number of amides is 2. The number of thioether (sulfide) groups is 1.